The van der Waals surface area contributed by atoms with Crippen LogP contribution in [0.5, 0.6) is 0 Å². The van der Waals surface area contributed by atoms with Crippen LogP contribution in [0.25, 0.3) is 10.6 Å². The van der Waals surface area contributed by atoms with Gasteiger partial charge in [-0.1, -0.05) is 0 Å². The topological polar surface area (TPSA) is 121 Å². The van der Waals surface area contributed by atoms with Gasteiger partial charge in [-0.3, -0.25) is 4.90 Å². The zero-order chi connectivity index (χ0) is 28.3. The monoisotopic (exact) mass is 592 g/mol. The van der Waals surface area contributed by atoms with Crippen molar-refractivity contribution in [2.45, 2.75) is 57.3 Å². The smallest absolute Gasteiger partial charge is 0.390 e. The Morgan fingerprint density at radius 1 is 1.13 bits per heavy atom. The first kappa shape index (κ1) is 30.1. The average Bonchev–Trinajstić information content (AvgIpc) is 3.31. The third-order valence-electron chi connectivity index (χ3n) is 6.63. The van der Waals surface area contributed by atoms with E-state index in [0.29, 0.717) is 57.1 Å². The summed E-state index contributed by atoms with van der Waals surface area (Å²) in [6.45, 7) is 7.53. The van der Waals surface area contributed by atoms with E-state index in [-0.39, 0.29) is 34.7 Å². The molecule has 39 heavy (non-hydrogen) atoms. The third kappa shape index (κ3) is 8.54. The number of nitrogens with zero attached hydrogens (tertiary/aromatic N) is 5. The summed E-state index contributed by atoms with van der Waals surface area (Å²) >= 11 is 1.04. The number of nitrogens with one attached hydrogen (secondary N) is 1. The lowest BCUT2D eigenvalue weighted by Gasteiger charge is -2.32. The van der Waals surface area contributed by atoms with Crippen LogP contribution >= 0.6 is 11.3 Å². The van der Waals surface area contributed by atoms with Crippen molar-refractivity contribution in [1.82, 2.24) is 24.2 Å². The van der Waals surface area contributed by atoms with E-state index < -0.39 is 27.4 Å². The predicted octanol–water partition coefficient (Wildman–Crippen LogP) is 2.86. The number of piperidine rings is 1. The molecule has 4 heterocycles. The van der Waals surface area contributed by atoms with Gasteiger partial charge >= 0.3 is 6.18 Å². The molecule has 4 rings (SSSR count). The minimum Gasteiger partial charge on any atom is -0.390 e. The Morgan fingerprint density at radius 2 is 1.82 bits per heavy atom. The Labute approximate surface area is 230 Å². The summed E-state index contributed by atoms with van der Waals surface area (Å²) < 4.78 is 73.6. The fourth-order valence-corrected chi connectivity index (χ4v) is 7.27. The number of hydrogen-bond acceptors (Lipinski definition) is 10. The molecule has 2 saturated heterocycles. The number of thiazole rings is 1. The molecule has 0 spiro atoms. The SMILES string of the molecule is CC(C)(O)Cc1ncc(-c2nc(NC3CCN(S(=O)(=O)CCCN4CCOCC4)CC3)ncc2C(F)(F)F)s1. The van der Waals surface area contributed by atoms with Gasteiger partial charge in [0.1, 0.15) is 5.56 Å². The largest absolute Gasteiger partial charge is 0.420 e. The van der Waals surface area contributed by atoms with Gasteiger partial charge in [-0.05, 0) is 39.7 Å². The molecule has 0 aliphatic carbocycles. The predicted molar refractivity (Wildman–Crippen MR) is 142 cm³/mol. The van der Waals surface area contributed by atoms with Gasteiger partial charge < -0.3 is 15.2 Å². The van der Waals surface area contributed by atoms with Gasteiger partial charge in [0, 0.05) is 51.0 Å². The van der Waals surface area contributed by atoms with E-state index in [0.717, 1.165) is 30.6 Å². The Bertz CT molecular complexity index is 1210. The molecule has 0 amide bonds. The molecule has 2 aromatic rings. The molecule has 2 fully saturated rings. The number of halogens is 3. The van der Waals surface area contributed by atoms with Crippen LogP contribution in [0.2, 0.25) is 0 Å². The highest BCUT2D eigenvalue weighted by Gasteiger charge is 2.36. The number of anilines is 1. The van der Waals surface area contributed by atoms with Crippen molar-refractivity contribution in [3.05, 3.63) is 23.0 Å². The number of morpholine rings is 1. The first-order valence-corrected chi connectivity index (χ1v) is 15.4. The molecule has 2 aliphatic heterocycles. The summed E-state index contributed by atoms with van der Waals surface area (Å²) in [5, 5.41) is 13.6. The van der Waals surface area contributed by atoms with Gasteiger partial charge in [-0.25, -0.2) is 27.7 Å². The maximum Gasteiger partial charge on any atom is 0.420 e. The van der Waals surface area contributed by atoms with Gasteiger partial charge in [-0.2, -0.15) is 13.2 Å². The van der Waals surface area contributed by atoms with Crippen molar-refractivity contribution in [3.8, 4) is 10.6 Å². The number of sulfonamides is 1. The van der Waals surface area contributed by atoms with Crippen molar-refractivity contribution in [2.75, 3.05) is 57.0 Å². The lowest BCUT2D eigenvalue weighted by molar-refractivity contribution is -0.137. The molecule has 0 aromatic carbocycles. The van der Waals surface area contributed by atoms with E-state index in [4.69, 9.17) is 4.74 Å². The molecule has 218 valence electrons. The minimum atomic E-state index is -4.66. The zero-order valence-corrected chi connectivity index (χ0v) is 23.7. The van der Waals surface area contributed by atoms with Crippen LogP contribution in [-0.2, 0) is 27.4 Å². The van der Waals surface area contributed by atoms with Crippen molar-refractivity contribution in [1.29, 1.82) is 0 Å². The summed E-state index contributed by atoms with van der Waals surface area (Å²) in [5.41, 5.74) is -2.30. The highest BCUT2D eigenvalue weighted by molar-refractivity contribution is 7.89. The van der Waals surface area contributed by atoms with Gasteiger partial charge in [0.25, 0.3) is 0 Å². The van der Waals surface area contributed by atoms with Crippen molar-refractivity contribution in [2.24, 2.45) is 0 Å². The van der Waals surface area contributed by atoms with Crippen LogP contribution in [-0.4, -0.2) is 101 Å². The molecule has 0 atom stereocenters. The number of aromatic nitrogens is 3. The summed E-state index contributed by atoms with van der Waals surface area (Å²) in [4.78, 5) is 14.7. The Kier molecular flexibility index (Phi) is 9.49. The molecule has 10 nitrogen and oxygen atoms in total. The first-order chi connectivity index (χ1) is 18.3. The lowest BCUT2D eigenvalue weighted by atomic mass is 10.1. The standard InChI is InChI=1S/C24H35F3N6O4S2/c1-23(2,34)14-20-28-16-19(38-20)21-18(24(25,26)27)15-29-22(31-21)30-17-4-7-33(8-5-17)39(35,36)13-3-6-32-9-11-37-12-10-32/h15-17,34H,3-14H2,1-2H3,(H,29,30,31). The molecule has 0 saturated carbocycles. The lowest BCUT2D eigenvalue weighted by Crippen LogP contribution is -2.44. The second-order valence-corrected chi connectivity index (χ2v) is 13.7. The Balaban J connectivity index is 1.37. The third-order valence-corrected chi connectivity index (χ3v) is 9.59. The zero-order valence-electron chi connectivity index (χ0n) is 22.1. The Morgan fingerprint density at radius 3 is 2.46 bits per heavy atom. The summed E-state index contributed by atoms with van der Waals surface area (Å²) in [7, 11) is -3.39. The molecule has 2 aromatic heterocycles. The molecule has 0 unspecified atom stereocenters. The van der Waals surface area contributed by atoms with Crippen LogP contribution in [0.1, 0.15) is 43.7 Å². The van der Waals surface area contributed by atoms with Crippen LogP contribution in [0.4, 0.5) is 19.1 Å². The number of ether oxygens (including phenoxy) is 1. The number of alkyl halides is 3. The molecule has 0 bridgehead atoms. The maximum absolute atomic E-state index is 13.7. The Hall–Kier alpha value is -1.91. The van der Waals surface area contributed by atoms with Gasteiger partial charge in [0.05, 0.1) is 40.1 Å². The van der Waals surface area contributed by atoms with E-state index in [2.05, 4.69) is 25.2 Å². The van der Waals surface area contributed by atoms with Crippen LogP contribution in [0.15, 0.2) is 12.4 Å². The van der Waals surface area contributed by atoms with Gasteiger partial charge in [-0.15, -0.1) is 11.3 Å². The van der Waals surface area contributed by atoms with E-state index in [1.54, 1.807) is 13.8 Å². The van der Waals surface area contributed by atoms with Crippen molar-refractivity contribution < 1.29 is 31.4 Å². The van der Waals surface area contributed by atoms with Crippen LogP contribution < -0.4 is 5.32 Å². The maximum atomic E-state index is 13.7. The van der Waals surface area contributed by atoms with E-state index in [9.17, 15) is 26.7 Å². The number of aliphatic hydroxyl groups is 1. The molecule has 15 heteroatoms. The molecular formula is C24H35F3N6O4S2. The van der Waals surface area contributed by atoms with E-state index in [1.807, 2.05) is 0 Å². The molecular weight excluding hydrogens is 557 g/mol. The minimum absolute atomic E-state index is 0.0438. The van der Waals surface area contributed by atoms with Crippen molar-refractivity contribution in [3.63, 3.8) is 0 Å². The highest BCUT2D eigenvalue weighted by atomic mass is 32.2. The molecule has 2 N–H and O–H groups in total. The fourth-order valence-electron chi connectivity index (χ4n) is 4.60. The second kappa shape index (κ2) is 12.3. The summed E-state index contributed by atoms with van der Waals surface area (Å²) in [6.07, 6.45) is -0.849. The summed E-state index contributed by atoms with van der Waals surface area (Å²) in [6, 6.07) is -0.179. The van der Waals surface area contributed by atoms with E-state index in [1.165, 1.54) is 10.5 Å². The number of hydrogen-bond donors (Lipinski definition) is 2. The molecule has 2 aliphatic rings. The van der Waals surface area contributed by atoms with Crippen LogP contribution in [0.3, 0.4) is 0 Å². The van der Waals surface area contributed by atoms with E-state index >= 15 is 0 Å². The molecule has 0 radical (unpaired) electrons. The second-order valence-electron chi connectivity index (χ2n) is 10.5. The van der Waals surface area contributed by atoms with Crippen LogP contribution in [0, 0.1) is 0 Å². The average molecular weight is 593 g/mol. The first-order valence-electron chi connectivity index (χ1n) is 13.0. The fraction of sp³-hybridized carbons (Fsp3) is 0.708. The van der Waals surface area contributed by atoms with Gasteiger partial charge in [0.15, 0.2) is 0 Å². The van der Waals surface area contributed by atoms with Crippen molar-refractivity contribution >= 4 is 27.3 Å². The highest BCUT2D eigenvalue weighted by Crippen LogP contribution is 2.38. The quantitative estimate of drug-likeness (QED) is 0.429. The number of rotatable bonds is 10. The summed E-state index contributed by atoms with van der Waals surface area (Å²) in [5.74, 6) is 0.125. The normalized spacial score (nSPS) is 18.9. The van der Waals surface area contributed by atoms with Gasteiger partial charge in [0.2, 0.25) is 16.0 Å².